The summed E-state index contributed by atoms with van der Waals surface area (Å²) in [5, 5.41) is 0.0528. The first-order chi connectivity index (χ1) is 14.5. The summed E-state index contributed by atoms with van der Waals surface area (Å²) in [5.74, 6) is 0. The van der Waals surface area contributed by atoms with Crippen molar-refractivity contribution in [2.45, 2.75) is 45.9 Å². The van der Waals surface area contributed by atoms with Crippen LogP contribution in [0, 0.1) is 0 Å². The number of imidazole rings is 1. The Balaban J connectivity index is 1.69. The number of hydrogen-bond donors (Lipinski definition) is 2. The number of aromatic amines is 1. The van der Waals surface area contributed by atoms with Crippen LogP contribution >= 0.6 is 11.6 Å². The van der Waals surface area contributed by atoms with Gasteiger partial charge in [0.2, 0.25) is 16.6 Å². The van der Waals surface area contributed by atoms with Crippen LogP contribution in [-0.2, 0) is 35.1 Å². The number of halogens is 1. The van der Waals surface area contributed by atoms with Crippen LogP contribution in [0.25, 0.3) is 11.2 Å². The molecule has 0 fully saturated rings. The van der Waals surface area contributed by atoms with E-state index in [1.165, 1.54) is 4.57 Å². The fourth-order valence-electron chi connectivity index (χ4n) is 3.04. The number of fused-ring (bicyclic) bond motifs is 1. The molecule has 9 nitrogen and oxygen atoms in total. The normalized spacial score (nSPS) is 12.5. The molecule has 2 aromatic heterocycles. The first-order valence-electron chi connectivity index (χ1n) is 9.72. The number of aromatic nitrogens is 4. The topological polar surface area (TPSA) is 111 Å². The van der Waals surface area contributed by atoms with E-state index in [9.17, 15) is 13.8 Å². The quantitative estimate of drug-likeness (QED) is 0.341. The van der Waals surface area contributed by atoms with E-state index < -0.39 is 22.5 Å². The summed E-state index contributed by atoms with van der Waals surface area (Å²) in [6.07, 6.45) is 2.73. The summed E-state index contributed by atoms with van der Waals surface area (Å²) in [7, 11) is 0. The summed E-state index contributed by atoms with van der Waals surface area (Å²) >= 11 is 4.17. The van der Waals surface area contributed by atoms with Gasteiger partial charge in [-0.05, 0) is 23.6 Å². The Labute approximate surface area is 180 Å². The number of nitrogens with zero attached hydrogens (tertiary/aromatic N) is 3. The first kappa shape index (κ1) is 22.4. The molecule has 0 amide bonds. The minimum atomic E-state index is -1.76. The average Bonchev–Trinajstić information content (AvgIpc) is 3.14. The highest BCUT2D eigenvalue weighted by Gasteiger charge is 2.16. The zero-order valence-corrected chi connectivity index (χ0v) is 18.2. The molecule has 0 saturated carbocycles. The lowest BCUT2D eigenvalue weighted by Gasteiger charge is -2.11. The molecule has 0 aliphatic carbocycles. The molecule has 0 aliphatic heterocycles. The summed E-state index contributed by atoms with van der Waals surface area (Å²) in [6, 6.07) is 9.34. The van der Waals surface area contributed by atoms with Crippen LogP contribution < -0.4 is 16.0 Å². The van der Waals surface area contributed by atoms with Crippen molar-refractivity contribution in [2.75, 3.05) is 6.54 Å². The Hall–Kier alpha value is -2.27. The highest BCUT2D eigenvalue weighted by atomic mass is 35.5. The Morgan fingerprint density at radius 2 is 1.93 bits per heavy atom. The molecule has 1 aromatic carbocycles. The van der Waals surface area contributed by atoms with Gasteiger partial charge in [-0.1, -0.05) is 50.1 Å². The lowest BCUT2D eigenvalue weighted by Crippen LogP contribution is -2.42. The molecule has 0 bridgehead atoms. The maximum absolute atomic E-state index is 12.9. The van der Waals surface area contributed by atoms with E-state index in [1.54, 1.807) is 0 Å². The summed E-state index contributed by atoms with van der Waals surface area (Å²) in [5.41, 5.74) is 0.339. The Morgan fingerprint density at radius 1 is 1.17 bits per heavy atom. The van der Waals surface area contributed by atoms with Crippen LogP contribution in [0.5, 0.6) is 0 Å². The van der Waals surface area contributed by atoms with Crippen molar-refractivity contribution in [3.05, 3.63) is 62.0 Å². The summed E-state index contributed by atoms with van der Waals surface area (Å²) < 4.78 is 22.5. The van der Waals surface area contributed by atoms with Gasteiger partial charge >= 0.3 is 5.69 Å². The highest BCUT2D eigenvalue weighted by Crippen LogP contribution is 2.10. The molecule has 11 heteroatoms. The van der Waals surface area contributed by atoms with Crippen LogP contribution in [0.3, 0.4) is 0 Å². The monoisotopic (exact) mass is 453 g/mol. The SMILES string of the molecule is CCCCCn1c(=O)n(CCNS(=O)OCc2ccccc2)c(=O)c2[nH]c(Cl)nc21. The minimum absolute atomic E-state index is 0.0263. The molecule has 3 rings (SSSR count). The van der Waals surface area contributed by atoms with E-state index in [4.69, 9.17) is 15.8 Å². The van der Waals surface area contributed by atoms with Crippen molar-refractivity contribution in [3.8, 4) is 0 Å². The molecule has 0 spiro atoms. The lowest BCUT2D eigenvalue weighted by molar-refractivity contribution is 0.331. The predicted octanol–water partition coefficient (Wildman–Crippen LogP) is 2.11. The molecule has 3 aromatic rings. The fourth-order valence-corrected chi connectivity index (χ4v) is 3.79. The van der Waals surface area contributed by atoms with Crippen molar-refractivity contribution in [2.24, 2.45) is 0 Å². The van der Waals surface area contributed by atoms with Gasteiger partial charge in [-0.25, -0.2) is 13.7 Å². The largest absolute Gasteiger partial charge is 0.332 e. The predicted molar refractivity (Wildman–Crippen MR) is 117 cm³/mol. The number of benzene rings is 1. The molecule has 162 valence electrons. The van der Waals surface area contributed by atoms with Gasteiger partial charge in [-0.3, -0.25) is 18.1 Å². The highest BCUT2D eigenvalue weighted by molar-refractivity contribution is 7.78. The number of hydrogen-bond acceptors (Lipinski definition) is 5. The lowest BCUT2D eigenvalue weighted by atomic mass is 10.2. The van der Waals surface area contributed by atoms with Crippen molar-refractivity contribution >= 4 is 34.0 Å². The van der Waals surface area contributed by atoms with Crippen LogP contribution in [0.15, 0.2) is 39.9 Å². The number of H-pyrrole nitrogens is 1. The summed E-state index contributed by atoms with van der Waals surface area (Å²) in [6.45, 7) is 2.82. The third-order valence-electron chi connectivity index (χ3n) is 4.55. The Kier molecular flexibility index (Phi) is 7.97. The number of unbranched alkanes of at least 4 members (excludes halogenated alkanes) is 2. The second-order valence-electron chi connectivity index (χ2n) is 6.70. The molecule has 0 aliphatic rings. The Morgan fingerprint density at radius 3 is 2.67 bits per heavy atom. The van der Waals surface area contributed by atoms with Gasteiger partial charge in [0.05, 0.1) is 6.61 Å². The van der Waals surface area contributed by atoms with E-state index in [-0.39, 0.29) is 36.1 Å². The van der Waals surface area contributed by atoms with Gasteiger partial charge < -0.3 is 4.98 Å². The van der Waals surface area contributed by atoms with Gasteiger partial charge in [-0.2, -0.15) is 4.98 Å². The molecule has 2 heterocycles. The number of aryl methyl sites for hydroxylation is 1. The van der Waals surface area contributed by atoms with Crippen molar-refractivity contribution in [3.63, 3.8) is 0 Å². The molecular weight excluding hydrogens is 430 g/mol. The van der Waals surface area contributed by atoms with E-state index in [0.717, 1.165) is 29.4 Å². The smallest absolute Gasteiger partial charge is 0.323 e. The van der Waals surface area contributed by atoms with Crippen LogP contribution in [0.2, 0.25) is 5.28 Å². The van der Waals surface area contributed by atoms with E-state index in [1.807, 2.05) is 30.3 Å². The van der Waals surface area contributed by atoms with E-state index >= 15 is 0 Å². The molecule has 1 unspecified atom stereocenters. The van der Waals surface area contributed by atoms with Gasteiger partial charge in [0.15, 0.2) is 11.2 Å². The van der Waals surface area contributed by atoms with Crippen LogP contribution in [0.4, 0.5) is 0 Å². The second-order valence-corrected chi connectivity index (χ2v) is 8.05. The average molecular weight is 454 g/mol. The number of rotatable bonds is 11. The third-order valence-corrected chi connectivity index (χ3v) is 5.50. The molecule has 2 N–H and O–H groups in total. The third kappa shape index (κ3) is 5.45. The maximum atomic E-state index is 12.9. The van der Waals surface area contributed by atoms with Gasteiger partial charge in [0.25, 0.3) is 5.56 Å². The van der Waals surface area contributed by atoms with Gasteiger partial charge in [0, 0.05) is 19.6 Å². The second kappa shape index (κ2) is 10.7. The molecular formula is C19H24ClN5O4S. The van der Waals surface area contributed by atoms with Crippen molar-refractivity contribution in [1.29, 1.82) is 0 Å². The molecule has 0 saturated heterocycles. The van der Waals surface area contributed by atoms with Gasteiger partial charge in [0.1, 0.15) is 0 Å². The standard InChI is InChI=1S/C19H24ClN5O4S/c1-2-3-7-11-24-16-15(22-18(20)23-16)17(26)25(19(24)27)12-10-21-30(28)29-13-14-8-5-4-6-9-14/h4-6,8-9,21H,2-3,7,10-13H2,1H3,(H,22,23). The van der Waals surface area contributed by atoms with E-state index in [2.05, 4.69) is 21.6 Å². The van der Waals surface area contributed by atoms with E-state index in [0.29, 0.717) is 6.54 Å². The molecule has 0 radical (unpaired) electrons. The number of nitrogens with one attached hydrogen (secondary N) is 2. The van der Waals surface area contributed by atoms with Crippen molar-refractivity contribution < 1.29 is 8.39 Å². The van der Waals surface area contributed by atoms with Gasteiger partial charge in [-0.15, -0.1) is 0 Å². The zero-order valence-electron chi connectivity index (χ0n) is 16.6. The molecule has 1 atom stereocenters. The van der Waals surface area contributed by atoms with Crippen LogP contribution in [0.1, 0.15) is 31.7 Å². The molecule has 30 heavy (non-hydrogen) atoms. The van der Waals surface area contributed by atoms with Crippen LogP contribution in [-0.4, -0.2) is 29.9 Å². The minimum Gasteiger partial charge on any atom is -0.323 e. The fraction of sp³-hybridized carbons (Fsp3) is 0.421. The van der Waals surface area contributed by atoms with Crippen molar-refractivity contribution in [1.82, 2.24) is 23.8 Å². The maximum Gasteiger partial charge on any atom is 0.332 e. The first-order valence-corrected chi connectivity index (χ1v) is 11.2. The Bertz CT molecular complexity index is 1130. The zero-order chi connectivity index (χ0) is 21.5. The summed E-state index contributed by atoms with van der Waals surface area (Å²) in [4.78, 5) is 32.4.